The first kappa shape index (κ1) is 14.8. The van der Waals surface area contributed by atoms with E-state index in [2.05, 4.69) is 59.9 Å². The highest BCUT2D eigenvalue weighted by Gasteiger charge is 2.05. The average Bonchev–Trinajstić information content (AvgIpc) is 2.86. The molecule has 20 heavy (non-hydrogen) atoms. The van der Waals surface area contributed by atoms with Gasteiger partial charge in [-0.3, -0.25) is 0 Å². The van der Waals surface area contributed by atoms with Gasteiger partial charge >= 0.3 is 0 Å². The normalized spacial score (nSPS) is 11.2. The Morgan fingerprint density at radius 3 is 2.65 bits per heavy atom. The summed E-state index contributed by atoms with van der Waals surface area (Å²) in [7, 11) is 0. The first-order valence-corrected chi connectivity index (χ1v) is 7.47. The SMILES string of the molecule is CCc1ccccc1Cn1cncc1CNCC(C)C. The van der Waals surface area contributed by atoms with Crippen LogP contribution in [-0.4, -0.2) is 16.1 Å². The third-order valence-corrected chi connectivity index (χ3v) is 3.50. The molecule has 0 radical (unpaired) electrons. The number of nitrogens with one attached hydrogen (secondary N) is 1. The van der Waals surface area contributed by atoms with Crippen LogP contribution in [-0.2, 0) is 19.5 Å². The van der Waals surface area contributed by atoms with Crippen LogP contribution in [0.4, 0.5) is 0 Å². The Balaban J connectivity index is 2.04. The van der Waals surface area contributed by atoms with Gasteiger partial charge in [-0.25, -0.2) is 4.98 Å². The Morgan fingerprint density at radius 2 is 1.95 bits per heavy atom. The first-order valence-electron chi connectivity index (χ1n) is 7.47. The Labute approximate surface area is 122 Å². The lowest BCUT2D eigenvalue weighted by Crippen LogP contribution is -2.21. The topological polar surface area (TPSA) is 29.9 Å². The van der Waals surface area contributed by atoms with E-state index in [9.17, 15) is 0 Å². The molecule has 0 atom stereocenters. The number of hydrogen-bond acceptors (Lipinski definition) is 2. The summed E-state index contributed by atoms with van der Waals surface area (Å²) >= 11 is 0. The molecule has 1 N–H and O–H groups in total. The first-order chi connectivity index (χ1) is 9.70. The Kier molecular flexibility index (Phi) is 5.36. The van der Waals surface area contributed by atoms with Gasteiger partial charge in [0.05, 0.1) is 12.0 Å². The molecular formula is C17H25N3. The molecule has 0 saturated carbocycles. The van der Waals surface area contributed by atoms with Crippen molar-refractivity contribution in [3.63, 3.8) is 0 Å². The monoisotopic (exact) mass is 271 g/mol. The molecule has 0 aliphatic carbocycles. The summed E-state index contributed by atoms with van der Waals surface area (Å²) in [6.07, 6.45) is 4.96. The quantitative estimate of drug-likeness (QED) is 0.838. The number of imidazole rings is 1. The highest BCUT2D eigenvalue weighted by molar-refractivity contribution is 5.27. The summed E-state index contributed by atoms with van der Waals surface area (Å²) in [6, 6.07) is 8.65. The van der Waals surface area contributed by atoms with Crippen molar-refractivity contribution in [2.24, 2.45) is 5.92 Å². The molecule has 1 aromatic heterocycles. The van der Waals surface area contributed by atoms with E-state index < -0.39 is 0 Å². The summed E-state index contributed by atoms with van der Waals surface area (Å²) in [5.74, 6) is 0.673. The fourth-order valence-corrected chi connectivity index (χ4v) is 2.37. The van der Waals surface area contributed by atoms with Crippen LogP contribution in [0.25, 0.3) is 0 Å². The average molecular weight is 271 g/mol. The van der Waals surface area contributed by atoms with Gasteiger partial charge in [0, 0.05) is 19.3 Å². The molecule has 1 heterocycles. The summed E-state index contributed by atoms with van der Waals surface area (Å²) in [6.45, 7) is 9.48. The van der Waals surface area contributed by atoms with Crippen LogP contribution in [0.5, 0.6) is 0 Å². The zero-order valence-corrected chi connectivity index (χ0v) is 12.8. The minimum Gasteiger partial charge on any atom is -0.329 e. The van der Waals surface area contributed by atoms with Gasteiger partial charge in [0.25, 0.3) is 0 Å². The lowest BCUT2D eigenvalue weighted by atomic mass is 10.1. The summed E-state index contributed by atoms with van der Waals surface area (Å²) in [5.41, 5.74) is 4.05. The van der Waals surface area contributed by atoms with Crippen molar-refractivity contribution in [3.8, 4) is 0 Å². The van der Waals surface area contributed by atoms with Gasteiger partial charge in [-0.05, 0) is 30.0 Å². The zero-order valence-electron chi connectivity index (χ0n) is 12.8. The molecule has 0 saturated heterocycles. The smallest absolute Gasteiger partial charge is 0.0951 e. The van der Waals surface area contributed by atoms with E-state index in [4.69, 9.17) is 0 Å². The van der Waals surface area contributed by atoms with E-state index >= 15 is 0 Å². The van der Waals surface area contributed by atoms with Gasteiger partial charge in [-0.15, -0.1) is 0 Å². The standard InChI is InChI=1S/C17H25N3/c1-4-15-7-5-6-8-16(15)12-20-13-19-11-17(20)10-18-9-14(2)3/h5-8,11,13-14,18H,4,9-10,12H2,1-3H3. The molecule has 1 aromatic carbocycles. The van der Waals surface area contributed by atoms with Crippen LogP contribution in [0.2, 0.25) is 0 Å². The predicted molar refractivity (Wildman–Crippen MR) is 83.7 cm³/mol. The van der Waals surface area contributed by atoms with Crippen LogP contribution >= 0.6 is 0 Å². The largest absolute Gasteiger partial charge is 0.329 e. The van der Waals surface area contributed by atoms with E-state index in [1.165, 1.54) is 16.8 Å². The van der Waals surface area contributed by atoms with Crippen LogP contribution in [0.15, 0.2) is 36.8 Å². The maximum atomic E-state index is 4.29. The number of nitrogens with zero attached hydrogens (tertiary/aromatic N) is 2. The molecule has 2 aromatic rings. The van der Waals surface area contributed by atoms with Crippen LogP contribution in [0.1, 0.15) is 37.6 Å². The zero-order chi connectivity index (χ0) is 14.4. The van der Waals surface area contributed by atoms with Gasteiger partial charge in [-0.1, -0.05) is 45.0 Å². The molecule has 0 fully saturated rings. The van der Waals surface area contributed by atoms with E-state index in [1.54, 1.807) is 0 Å². The van der Waals surface area contributed by atoms with Gasteiger partial charge in [-0.2, -0.15) is 0 Å². The highest BCUT2D eigenvalue weighted by atomic mass is 15.1. The number of aryl methyl sites for hydroxylation is 1. The molecule has 0 bridgehead atoms. The Morgan fingerprint density at radius 1 is 1.20 bits per heavy atom. The summed E-state index contributed by atoms with van der Waals surface area (Å²) in [4.78, 5) is 4.29. The second kappa shape index (κ2) is 7.25. The lowest BCUT2D eigenvalue weighted by molar-refractivity contribution is 0.539. The van der Waals surface area contributed by atoms with Crippen molar-refractivity contribution in [1.29, 1.82) is 0 Å². The molecular weight excluding hydrogens is 246 g/mol. The van der Waals surface area contributed by atoms with Crippen molar-refractivity contribution in [2.45, 2.75) is 40.3 Å². The maximum absolute atomic E-state index is 4.29. The highest BCUT2D eigenvalue weighted by Crippen LogP contribution is 2.12. The van der Waals surface area contributed by atoms with Crippen LogP contribution < -0.4 is 5.32 Å². The van der Waals surface area contributed by atoms with Crippen molar-refractivity contribution in [2.75, 3.05) is 6.54 Å². The molecule has 0 amide bonds. The maximum Gasteiger partial charge on any atom is 0.0951 e. The number of aromatic nitrogens is 2. The second-order valence-electron chi connectivity index (χ2n) is 5.66. The molecule has 3 nitrogen and oxygen atoms in total. The Hall–Kier alpha value is -1.61. The van der Waals surface area contributed by atoms with Crippen molar-refractivity contribution >= 4 is 0 Å². The van der Waals surface area contributed by atoms with Crippen LogP contribution in [0, 0.1) is 5.92 Å². The minimum atomic E-state index is 0.673. The van der Waals surface area contributed by atoms with E-state index in [0.29, 0.717) is 5.92 Å². The molecule has 2 rings (SSSR count). The fourth-order valence-electron chi connectivity index (χ4n) is 2.37. The molecule has 108 valence electrons. The molecule has 0 unspecified atom stereocenters. The van der Waals surface area contributed by atoms with E-state index in [-0.39, 0.29) is 0 Å². The van der Waals surface area contributed by atoms with Gasteiger partial charge in [0.2, 0.25) is 0 Å². The van der Waals surface area contributed by atoms with Crippen molar-refractivity contribution in [3.05, 3.63) is 53.6 Å². The van der Waals surface area contributed by atoms with E-state index in [1.807, 2.05) is 12.5 Å². The number of rotatable bonds is 7. The number of benzene rings is 1. The van der Waals surface area contributed by atoms with Crippen molar-refractivity contribution < 1.29 is 0 Å². The summed E-state index contributed by atoms with van der Waals surface area (Å²) in [5, 5.41) is 3.48. The molecule has 0 aliphatic rings. The minimum absolute atomic E-state index is 0.673. The lowest BCUT2D eigenvalue weighted by Gasteiger charge is -2.12. The van der Waals surface area contributed by atoms with Gasteiger partial charge in [0.1, 0.15) is 0 Å². The van der Waals surface area contributed by atoms with Gasteiger partial charge < -0.3 is 9.88 Å². The molecule has 3 heteroatoms. The fraction of sp³-hybridized carbons (Fsp3) is 0.471. The second-order valence-corrected chi connectivity index (χ2v) is 5.66. The molecule has 0 aliphatic heterocycles. The van der Waals surface area contributed by atoms with Crippen LogP contribution in [0.3, 0.4) is 0 Å². The predicted octanol–water partition coefficient (Wildman–Crippen LogP) is 3.24. The van der Waals surface area contributed by atoms with Gasteiger partial charge in [0.15, 0.2) is 0 Å². The van der Waals surface area contributed by atoms with E-state index in [0.717, 1.165) is 26.1 Å². The Bertz CT molecular complexity index is 529. The molecule has 0 spiro atoms. The summed E-state index contributed by atoms with van der Waals surface area (Å²) < 4.78 is 2.24. The third-order valence-electron chi connectivity index (χ3n) is 3.50. The third kappa shape index (κ3) is 3.94. The number of hydrogen-bond donors (Lipinski definition) is 1. The van der Waals surface area contributed by atoms with Crippen molar-refractivity contribution in [1.82, 2.24) is 14.9 Å².